The molecule has 0 saturated heterocycles. The molecule has 0 aliphatic heterocycles. The summed E-state index contributed by atoms with van der Waals surface area (Å²) in [5.74, 6) is -1.91. The number of nitrogens with one attached hydrogen (secondary N) is 2. The summed E-state index contributed by atoms with van der Waals surface area (Å²) in [6, 6.07) is 9.24. The van der Waals surface area contributed by atoms with Gasteiger partial charge in [0.25, 0.3) is 5.91 Å². The molecule has 1 heterocycles. The van der Waals surface area contributed by atoms with Gasteiger partial charge in [-0.3, -0.25) is 4.79 Å². The molecule has 7 heteroatoms. The minimum absolute atomic E-state index is 0.0164. The zero-order valence-corrected chi connectivity index (χ0v) is 14.2. The molecule has 0 unspecified atom stereocenters. The summed E-state index contributed by atoms with van der Waals surface area (Å²) >= 11 is 0. The number of halogens is 2. The van der Waals surface area contributed by atoms with Gasteiger partial charge in [0.05, 0.1) is 5.56 Å². The number of hydrogen-bond donors (Lipinski definition) is 2. The average Bonchev–Trinajstić information content (AvgIpc) is 2.62. The van der Waals surface area contributed by atoms with E-state index in [1.165, 1.54) is 18.5 Å². The van der Waals surface area contributed by atoms with Crippen LogP contribution in [-0.4, -0.2) is 15.9 Å². The smallest absolute Gasteiger partial charge is 0.258 e. The van der Waals surface area contributed by atoms with Crippen molar-refractivity contribution in [3.8, 4) is 0 Å². The first kappa shape index (κ1) is 17.5. The van der Waals surface area contributed by atoms with Crippen molar-refractivity contribution in [1.82, 2.24) is 9.97 Å². The van der Waals surface area contributed by atoms with E-state index < -0.39 is 11.6 Å². The number of hydrogen-bond acceptors (Lipinski definition) is 4. The van der Waals surface area contributed by atoms with E-state index in [9.17, 15) is 13.6 Å². The molecule has 0 radical (unpaired) electrons. The fraction of sp³-hybridized carbons (Fsp3) is 0.105. The predicted molar refractivity (Wildman–Crippen MR) is 95.5 cm³/mol. The maximum atomic E-state index is 13.6. The maximum Gasteiger partial charge on any atom is 0.258 e. The van der Waals surface area contributed by atoms with Crippen molar-refractivity contribution in [1.29, 1.82) is 0 Å². The molecular weight excluding hydrogens is 338 g/mol. The van der Waals surface area contributed by atoms with Crippen molar-refractivity contribution in [2.45, 2.75) is 13.8 Å². The number of rotatable bonds is 4. The highest BCUT2D eigenvalue weighted by Gasteiger charge is 2.12. The lowest BCUT2D eigenvalue weighted by Gasteiger charge is -2.10. The van der Waals surface area contributed by atoms with Crippen molar-refractivity contribution < 1.29 is 13.6 Å². The van der Waals surface area contributed by atoms with Crippen LogP contribution in [0, 0.1) is 25.5 Å². The van der Waals surface area contributed by atoms with Crippen molar-refractivity contribution >= 4 is 23.2 Å². The van der Waals surface area contributed by atoms with E-state index in [0.717, 1.165) is 23.3 Å². The highest BCUT2D eigenvalue weighted by molar-refractivity contribution is 6.04. The third kappa shape index (κ3) is 3.83. The molecule has 2 aromatic carbocycles. The molecule has 0 saturated carbocycles. The molecule has 1 amide bonds. The van der Waals surface area contributed by atoms with Crippen molar-refractivity contribution in [3.63, 3.8) is 0 Å². The second-order valence-corrected chi connectivity index (χ2v) is 5.79. The first-order chi connectivity index (χ1) is 12.4. The molecular formula is C19H16F2N4O. The number of anilines is 3. The number of carbonyl (C=O) groups is 1. The second kappa shape index (κ2) is 7.26. The molecule has 2 N–H and O–H groups in total. The van der Waals surface area contributed by atoms with Crippen LogP contribution in [0.15, 0.2) is 48.8 Å². The Labute approximate surface area is 149 Å². The normalized spacial score (nSPS) is 10.5. The average molecular weight is 354 g/mol. The quantitative estimate of drug-likeness (QED) is 0.730. The summed E-state index contributed by atoms with van der Waals surface area (Å²) in [4.78, 5) is 20.2. The minimum atomic E-state index is -0.759. The molecule has 3 rings (SSSR count). The van der Waals surface area contributed by atoms with Crippen molar-refractivity contribution in [2.75, 3.05) is 10.6 Å². The molecule has 1 aromatic heterocycles. The third-order valence-electron chi connectivity index (χ3n) is 3.75. The van der Waals surface area contributed by atoms with Crippen LogP contribution in [0.2, 0.25) is 0 Å². The molecule has 0 aliphatic carbocycles. The van der Waals surface area contributed by atoms with Gasteiger partial charge in [0, 0.05) is 18.1 Å². The lowest BCUT2D eigenvalue weighted by atomic mass is 10.1. The molecule has 0 atom stereocenters. The Morgan fingerprint density at radius 2 is 1.65 bits per heavy atom. The van der Waals surface area contributed by atoms with E-state index in [1.54, 1.807) is 0 Å². The summed E-state index contributed by atoms with van der Waals surface area (Å²) in [6.45, 7) is 3.82. The first-order valence-electron chi connectivity index (χ1n) is 7.86. The van der Waals surface area contributed by atoms with E-state index in [2.05, 4.69) is 20.6 Å². The van der Waals surface area contributed by atoms with Crippen LogP contribution in [-0.2, 0) is 0 Å². The summed E-state index contributed by atoms with van der Waals surface area (Å²) in [7, 11) is 0. The van der Waals surface area contributed by atoms with Gasteiger partial charge in [0.2, 0.25) is 5.95 Å². The highest BCUT2D eigenvalue weighted by Crippen LogP contribution is 2.21. The number of benzene rings is 2. The molecule has 3 aromatic rings. The summed E-state index contributed by atoms with van der Waals surface area (Å²) in [5.41, 5.74) is 2.53. The van der Waals surface area contributed by atoms with Gasteiger partial charge in [-0.1, -0.05) is 18.2 Å². The molecule has 132 valence electrons. The van der Waals surface area contributed by atoms with Crippen LogP contribution < -0.4 is 10.6 Å². The van der Waals surface area contributed by atoms with E-state index in [4.69, 9.17) is 0 Å². The van der Waals surface area contributed by atoms with E-state index in [-0.39, 0.29) is 23.1 Å². The van der Waals surface area contributed by atoms with Gasteiger partial charge in [-0.05, 0) is 43.2 Å². The van der Waals surface area contributed by atoms with Crippen LogP contribution in [0.5, 0.6) is 0 Å². The lowest BCUT2D eigenvalue weighted by Crippen LogP contribution is -2.14. The van der Waals surface area contributed by atoms with Gasteiger partial charge < -0.3 is 10.6 Å². The fourth-order valence-corrected chi connectivity index (χ4v) is 2.30. The van der Waals surface area contributed by atoms with Gasteiger partial charge in [-0.15, -0.1) is 0 Å². The lowest BCUT2D eigenvalue weighted by molar-refractivity contribution is 0.102. The zero-order chi connectivity index (χ0) is 18.7. The second-order valence-electron chi connectivity index (χ2n) is 5.79. The number of aromatic nitrogens is 2. The first-order valence-corrected chi connectivity index (χ1v) is 7.86. The van der Waals surface area contributed by atoms with Gasteiger partial charge in [-0.2, -0.15) is 0 Å². The summed E-state index contributed by atoms with van der Waals surface area (Å²) < 4.78 is 27.3. The summed E-state index contributed by atoms with van der Waals surface area (Å²) in [5, 5.41) is 5.26. The Morgan fingerprint density at radius 3 is 2.31 bits per heavy atom. The molecule has 26 heavy (non-hydrogen) atoms. The molecule has 0 spiro atoms. The SMILES string of the molecule is Cc1ccc(C)c(NC(=O)c2cnc(Nc3c(F)cccc3F)nc2)c1. The Kier molecular flexibility index (Phi) is 4.88. The maximum absolute atomic E-state index is 13.6. The third-order valence-corrected chi connectivity index (χ3v) is 3.75. The Bertz CT molecular complexity index is 938. The monoisotopic (exact) mass is 354 g/mol. The van der Waals surface area contributed by atoms with Gasteiger partial charge in [0.1, 0.15) is 17.3 Å². The molecule has 0 fully saturated rings. The van der Waals surface area contributed by atoms with Crippen LogP contribution in [0.1, 0.15) is 21.5 Å². The minimum Gasteiger partial charge on any atom is -0.322 e. The standard InChI is InChI=1S/C19H16F2N4O/c1-11-6-7-12(2)16(8-11)24-18(26)13-9-22-19(23-10-13)25-17-14(20)4-3-5-15(17)21/h3-10H,1-2H3,(H,24,26)(H,22,23,25). The van der Waals surface area contributed by atoms with Crippen LogP contribution in [0.25, 0.3) is 0 Å². The van der Waals surface area contributed by atoms with Crippen LogP contribution in [0.4, 0.5) is 26.1 Å². The Balaban J connectivity index is 1.75. The fourth-order valence-electron chi connectivity index (χ4n) is 2.30. The topological polar surface area (TPSA) is 66.9 Å². The van der Waals surface area contributed by atoms with Crippen molar-refractivity contribution in [3.05, 3.63) is 77.1 Å². The summed E-state index contributed by atoms with van der Waals surface area (Å²) in [6.07, 6.45) is 2.57. The molecule has 0 aliphatic rings. The van der Waals surface area contributed by atoms with Crippen LogP contribution >= 0.6 is 0 Å². The number of para-hydroxylation sites is 1. The van der Waals surface area contributed by atoms with Gasteiger partial charge in [0.15, 0.2) is 0 Å². The Hall–Kier alpha value is -3.35. The predicted octanol–water partition coefficient (Wildman–Crippen LogP) is 4.37. The van der Waals surface area contributed by atoms with E-state index >= 15 is 0 Å². The highest BCUT2D eigenvalue weighted by atomic mass is 19.1. The zero-order valence-electron chi connectivity index (χ0n) is 14.2. The molecule has 5 nitrogen and oxygen atoms in total. The Morgan fingerprint density at radius 1 is 1.00 bits per heavy atom. The number of carbonyl (C=O) groups excluding carboxylic acids is 1. The van der Waals surface area contributed by atoms with E-state index in [0.29, 0.717) is 5.69 Å². The number of amides is 1. The van der Waals surface area contributed by atoms with Gasteiger partial charge in [-0.25, -0.2) is 18.7 Å². The number of aryl methyl sites for hydroxylation is 2. The largest absolute Gasteiger partial charge is 0.322 e. The van der Waals surface area contributed by atoms with Crippen molar-refractivity contribution in [2.24, 2.45) is 0 Å². The number of nitrogens with zero attached hydrogens (tertiary/aromatic N) is 2. The van der Waals surface area contributed by atoms with Gasteiger partial charge >= 0.3 is 0 Å². The molecule has 0 bridgehead atoms. The van der Waals surface area contributed by atoms with Crippen LogP contribution in [0.3, 0.4) is 0 Å². The van der Waals surface area contributed by atoms with E-state index in [1.807, 2.05) is 32.0 Å².